The van der Waals surface area contributed by atoms with Crippen LogP contribution in [-0.2, 0) is 6.54 Å². The Morgan fingerprint density at radius 3 is 2.58 bits per heavy atom. The summed E-state index contributed by atoms with van der Waals surface area (Å²) in [5.74, 6) is -0.866. The highest BCUT2D eigenvalue weighted by molar-refractivity contribution is 9.10. The summed E-state index contributed by atoms with van der Waals surface area (Å²) in [4.78, 5) is 10.1. The van der Waals surface area contributed by atoms with E-state index in [1.165, 1.54) is 6.07 Å². The summed E-state index contributed by atoms with van der Waals surface area (Å²) in [7, 11) is 0. The Kier molecular flexibility index (Phi) is 4.11. The van der Waals surface area contributed by atoms with E-state index in [0.29, 0.717) is 11.0 Å². The van der Waals surface area contributed by atoms with Crippen LogP contribution in [0.25, 0.3) is 0 Å². The lowest BCUT2D eigenvalue weighted by Crippen LogP contribution is -2.04. The van der Waals surface area contributed by atoms with Crippen LogP contribution in [0.4, 0.5) is 15.8 Å². The first-order valence-electron chi connectivity index (χ1n) is 5.49. The van der Waals surface area contributed by atoms with Gasteiger partial charge in [0.05, 0.1) is 4.92 Å². The normalized spacial score (nSPS) is 10.2. The summed E-state index contributed by atoms with van der Waals surface area (Å²) in [6.07, 6.45) is 0. The number of anilines is 1. The second-order valence-corrected chi connectivity index (χ2v) is 4.80. The summed E-state index contributed by atoms with van der Waals surface area (Å²) >= 11 is 3.12. The van der Waals surface area contributed by atoms with E-state index in [-0.39, 0.29) is 5.69 Å². The highest BCUT2D eigenvalue weighted by atomic mass is 79.9. The molecule has 98 valence electrons. The van der Waals surface area contributed by atoms with Crippen molar-refractivity contribution < 1.29 is 9.31 Å². The van der Waals surface area contributed by atoms with Crippen molar-refractivity contribution in [3.63, 3.8) is 0 Å². The van der Waals surface area contributed by atoms with Gasteiger partial charge in [0.1, 0.15) is 5.69 Å². The highest BCUT2D eigenvalue weighted by Crippen LogP contribution is 2.31. The number of hydrogen-bond acceptors (Lipinski definition) is 3. The molecule has 0 fully saturated rings. The molecule has 0 bridgehead atoms. The van der Waals surface area contributed by atoms with E-state index in [0.717, 1.165) is 11.6 Å². The number of rotatable bonds is 4. The molecule has 0 radical (unpaired) electrons. The predicted molar refractivity (Wildman–Crippen MR) is 74.5 cm³/mol. The minimum atomic E-state index is -0.866. The van der Waals surface area contributed by atoms with E-state index in [1.54, 1.807) is 0 Å². The minimum absolute atomic E-state index is 0.153. The maximum absolute atomic E-state index is 13.6. The van der Waals surface area contributed by atoms with E-state index in [9.17, 15) is 14.5 Å². The molecule has 0 saturated heterocycles. The molecule has 0 heterocycles. The monoisotopic (exact) mass is 324 g/mol. The van der Waals surface area contributed by atoms with Gasteiger partial charge >= 0.3 is 5.69 Å². The molecule has 0 amide bonds. The minimum Gasteiger partial charge on any atom is -0.375 e. The van der Waals surface area contributed by atoms with Crippen LogP contribution in [0.2, 0.25) is 0 Å². The summed E-state index contributed by atoms with van der Waals surface area (Å²) < 4.78 is 14.0. The van der Waals surface area contributed by atoms with E-state index < -0.39 is 16.4 Å². The molecular formula is C13H10BrFN2O2. The molecule has 0 aliphatic heterocycles. The van der Waals surface area contributed by atoms with Crippen LogP contribution >= 0.6 is 15.9 Å². The number of nitro benzene ring substituents is 1. The maximum atomic E-state index is 13.6. The lowest BCUT2D eigenvalue weighted by atomic mass is 10.2. The van der Waals surface area contributed by atoms with Crippen LogP contribution in [0.3, 0.4) is 0 Å². The third-order valence-electron chi connectivity index (χ3n) is 2.54. The van der Waals surface area contributed by atoms with Gasteiger partial charge in [-0.25, -0.2) is 0 Å². The SMILES string of the molecule is O=[N+]([O-])c1c(F)cc(Br)cc1NCc1ccccc1. The largest absolute Gasteiger partial charge is 0.375 e. The van der Waals surface area contributed by atoms with Crippen molar-refractivity contribution in [1.29, 1.82) is 0 Å². The molecule has 0 atom stereocenters. The molecule has 6 heteroatoms. The van der Waals surface area contributed by atoms with E-state index >= 15 is 0 Å². The number of benzene rings is 2. The number of nitro groups is 1. The average Bonchev–Trinajstić information content (AvgIpc) is 2.36. The van der Waals surface area contributed by atoms with Gasteiger partial charge < -0.3 is 5.32 Å². The predicted octanol–water partition coefficient (Wildman–Crippen LogP) is 4.11. The third-order valence-corrected chi connectivity index (χ3v) is 2.99. The molecule has 0 aromatic heterocycles. The van der Waals surface area contributed by atoms with E-state index in [2.05, 4.69) is 21.2 Å². The number of hydrogen-bond donors (Lipinski definition) is 1. The van der Waals surface area contributed by atoms with Crippen molar-refractivity contribution in [3.05, 3.63) is 68.4 Å². The Balaban J connectivity index is 2.27. The molecule has 4 nitrogen and oxygen atoms in total. The Hall–Kier alpha value is -1.95. The van der Waals surface area contributed by atoms with Crippen molar-refractivity contribution >= 4 is 27.3 Å². The zero-order chi connectivity index (χ0) is 13.8. The number of nitrogens with one attached hydrogen (secondary N) is 1. The Morgan fingerprint density at radius 1 is 1.26 bits per heavy atom. The van der Waals surface area contributed by atoms with Crippen LogP contribution in [0.5, 0.6) is 0 Å². The Labute approximate surface area is 117 Å². The second-order valence-electron chi connectivity index (χ2n) is 3.88. The van der Waals surface area contributed by atoms with Gasteiger partial charge in [0, 0.05) is 11.0 Å². The van der Waals surface area contributed by atoms with E-state index in [1.807, 2.05) is 30.3 Å². The molecule has 2 aromatic rings. The van der Waals surface area contributed by atoms with Crippen LogP contribution < -0.4 is 5.32 Å². The molecule has 1 N–H and O–H groups in total. The van der Waals surface area contributed by atoms with Gasteiger partial charge in [0.25, 0.3) is 0 Å². The van der Waals surface area contributed by atoms with Gasteiger partial charge in [-0.1, -0.05) is 46.3 Å². The molecule has 2 aromatic carbocycles. The number of nitrogens with zero attached hydrogens (tertiary/aromatic N) is 1. The molecule has 0 spiro atoms. The van der Waals surface area contributed by atoms with Crippen LogP contribution in [0.15, 0.2) is 46.9 Å². The molecule has 0 saturated carbocycles. The Morgan fingerprint density at radius 2 is 1.95 bits per heavy atom. The summed E-state index contributed by atoms with van der Waals surface area (Å²) in [6.45, 7) is 0.386. The number of halogens is 2. The fourth-order valence-corrected chi connectivity index (χ4v) is 2.11. The quantitative estimate of drug-likeness (QED) is 0.680. The van der Waals surface area contributed by atoms with Crippen LogP contribution in [0, 0.1) is 15.9 Å². The van der Waals surface area contributed by atoms with Gasteiger partial charge in [-0.2, -0.15) is 4.39 Å². The van der Waals surface area contributed by atoms with Gasteiger partial charge in [-0.05, 0) is 17.7 Å². The van der Waals surface area contributed by atoms with Gasteiger partial charge in [0.15, 0.2) is 0 Å². The van der Waals surface area contributed by atoms with Crippen molar-refractivity contribution in [1.82, 2.24) is 0 Å². The van der Waals surface area contributed by atoms with Crippen LogP contribution in [0.1, 0.15) is 5.56 Å². The third kappa shape index (κ3) is 3.29. The van der Waals surface area contributed by atoms with Crippen molar-refractivity contribution in [2.45, 2.75) is 6.54 Å². The summed E-state index contributed by atoms with van der Waals surface area (Å²) in [5.41, 5.74) is 0.567. The summed E-state index contributed by atoms with van der Waals surface area (Å²) in [5, 5.41) is 13.8. The van der Waals surface area contributed by atoms with Gasteiger partial charge in [0.2, 0.25) is 5.82 Å². The first-order valence-corrected chi connectivity index (χ1v) is 6.28. The lowest BCUT2D eigenvalue weighted by molar-refractivity contribution is -0.386. The van der Waals surface area contributed by atoms with Gasteiger partial charge in [-0.3, -0.25) is 10.1 Å². The van der Waals surface area contributed by atoms with Crippen molar-refractivity contribution in [3.8, 4) is 0 Å². The van der Waals surface area contributed by atoms with Gasteiger partial charge in [-0.15, -0.1) is 0 Å². The summed E-state index contributed by atoms with van der Waals surface area (Å²) in [6, 6.07) is 11.9. The van der Waals surface area contributed by atoms with Crippen molar-refractivity contribution in [2.75, 3.05) is 5.32 Å². The van der Waals surface area contributed by atoms with Crippen molar-refractivity contribution in [2.24, 2.45) is 0 Å². The standard InChI is InChI=1S/C13H10BrFN2O2/c14-10-6-11(15)13(17(18)19)12(7-10)16-8-9-4-2-1-3-5-9/h1-7,16H,8H2. The fraction of sp³-hybridized carbons (Fsp3) is 0.0769. The molecule has 19 heavy (non-hydrogen) atoms. The highest BCUT2D eigenvalue weighted by Gasteiger charge is 2.21. The van der Waals surface area contributed by atoms with E-state index in [4.69, 9.17) is 0 Å². The zero-order valence-electron chi connectivity index (χ0n) is 9.77. The molecular weight excluding hydrogens is 315 g/mol. The molecule has 0 unspecified atom stereocenters. The lowest BCUT2D eigenvalue weighted by Gasteiger charge is -2.08. The first kappa shape index (κ1) is 13.5. The van der Waals surface area contributed by atoms with Crippen LogP contribution in [-0.4, -0.2) is 4.92 Å². The fourth-order valence-electron chi connectivity index (χ4n) is 1.68. The molecule has 2 rings (SSSR count). The average molecular weight is 325 g/mol. The smallest absolute Gasteiger partial charge is 0.327 e. The molecule has 0 aliphatic carbocycles. The first-order chi connectivity index (χ1) is 9.08. The molecule has 0 aliphatic rings. The maximum Gasteiger partial charge on any atom is 0.327 e. The second kappa shape index (κ2) is 5.79. The Bertz CT molecular complexity index is 605. The topological polar surface area (TPSA) is 55.2 Å². The zero-order valence-corrected chi connectivity index (χ0v) is 11.4.